The van der Waals surface area contributed by atoms with Crippen LogP contribution in [0.4, 0.5) is 0 Å². The Morgan fingerprint density at radius 1 is 1.50 bits per heavy atom. The van der Waals surface area contributed by atoms with Gasteiger partial charge in [0.1, 0.15) is 0 Å². The van der Waals surface area contributed by atoms with Crippen molar-refractivity contribution >= 4 is 30.7 Å². The molecule has 2 N–H and O–H groups in total. The van der Waals surface area contributed by atoms with Gasteiger partial charge in [0.15, 0.2) is 0 Å². The highest BCUT2D eigenvalue weighted by molar-refractivity contribution is 5.85. The number of carbonyl (C=O) groups is 1. The first-order chi connectivity index (χ1) is 7.36. The maximum absolute atomic E-state index is 12.0. The van der Waals surface area contributed by atoms with E-state index in [1.165, 1.54) is 0 Å². The van der Waals surface area contributed by atoms with E-state index in [2.05, 4.69) is 5.10 Å². The van der Waals surface area contributed by atoms with Gasteiger partial charge in [-0.25, -0.2) is 0 Å². The Balaban J connectivity index is 0. The van der Waals surface area contributed by atoms with Crippen LogP contribution in [-0.4, -0.2) is 34.2 Å². The van der Waals surface area contributed by atoms with Crippen molar-refractivity contribution in [1.82, 2.24) is 14.7 Å². The smallest absolute Gasteiger partial charge is 0.229 e. The Morgan fingerprint density at radius 2 is 2.06 bits per heavy atom. The second-order valence-electron chi connectivity index (χ2n) is 4.77. The molecule has 0 aliphatic carbocycles. The molecule has 1 heterocycles. The zero-order chi connectivity index (χ0) is 12.3. The van der Waals surface area contributed by atoms with Crippen molar-refractivity contribution in [3.63, 3.8) is 0 Å². The van der Waals surface area contributed by atoms with E-state index in [0.717, 1.165) is 5.56 Å². The molecule has 0 aliphatic rings. The number of rotatable bonds is 4. The average Bonchev–Trinajstić information content (AvgIpc) is 2.62. The van der Waals surface area contributed by atoms with E-state index in [-0.39, 0.29) is 30.7 Å². The molecule has 0 aromatic carbocycles. The predicted octanol–water partition coefficient (Wildman–Crippen LogP) is 1.21. The molecule has 1 aromatic heterocycles. The summed E-state index contributed by atoms with van der Waals surface area (Å²) in [4.78, 5) is 13.7. The number of hydrogen-bond donors (Lipinski definition) is 1. The van der Waals surface area contributed by atoms with Gasteiger partial charge in [-0.2, -0.15) is 5.10 Å². The van der Waals surface area contributed by atoms with Crippen molar-refractivity contribution in [3.8, 4) is 0 Å². The quantitative estimate of drug-likeness (QED) is 0.908. The van der Waals surface area contributed by atoms with Crippen LogP contribution in [0.15, 0.2) is 12.4 Å². The zero-order valence-corrected chi connectivity index (χ0v) is 12.8. The number of carbonyl (C=O) groups excluding carboxylic acids is 1. The lowest BCUT2D eigenvalue weighted by atomic mass is 9.92. The van der Waals surface area contributed by atoms with E-state index >= 15 is 0 Å². The number of aryl methyl sites for hydroxylation is 1. The molecule has 18 heavy (non-hydrogen) atoms. The molecule has 0 spiro atoms. The molecular formula is C11H22Cl2N4O. The molecule has 1 aromatic rings. The minimum atomic E-state index is -0.503. The highest BCUT2D eigenvalue weighted by Crippen LogP contribution is 2.17. The van der Waals surface area contributed by atoms with Crippen LogP contribution >= 0.6 is 24.8 Å². The first-order valence-corrected chi connectivity index (χ1v) is 5.30. The molecule has 1 rings (SSSR count). The predicted molar refractivity (Wildman–Crippen MR) is 77.0 cm³/mol. The van der Waals surface area contributed by atoms with Crippen LogP contribution in [0.25, 0.3) is 0 Å². The fourth-order valence-electron chi connectivity index (χ4n) is 1.50. The largest absolute Gasteiger partial charge is 0.341 e. The molecule has 0 saturated carbocycles. The molecule has 0 saturated heterocycles. The second-order valence-corrected chi connectivity index (χ2v) is 4.77. The molecule has 0 radical (unpaired) electrons. The summed E-state index contributed by atoms with van der Waals surface area (Å²) in [5.41, 5.74) is 6.10. The molecule has 0 aliphatic heterocycles. The highest BCUT2D eigenvalue weighted by Gasteiger charge is 2.28. The Morgan fingerprint density at radius 3 is 2.44 bits per heavy atom. The van der Waals surface area contributed by atoms with Crippen molar-refractivity contribution in [1.29, 1.82) is 0 Å². The van der Waals surface area contributed by atoms with E-state index in [4.69, 9.17) is 5.73 Å². The lowest BCUT2D eigenvalue weighted by Gasteiger charge is -2.27. The monoisotopic (exact) mass is 296 g/mol. The van der Waals surface area contributed by atoms with Gasteiger partial charge in [0, 0.05) is 38.9 Å². The highest BCUT2D eigenvalue weighted by atomic mass is 35.5. The molecule has 106 valence electrons. The molecule has 5 nitrogen and oxygen atoms in total. The third kappa shape index (κ3) is 4.84. The van der Waals surface area contributed by atoms with Gasteiger partial charge in [-0.1, -0.05) is 0 Å². The fraction of sp³-hybridized carbons (Fsp3) is 0.636. The van der Waals surface area contributed by atoms with Crippen molar-refractivity contribution < 1.29 is 4.79 Å². The van der Waals surface area contributed by atoms with Crippen LogP contribution < -0.4 is 5.73 Å². The minimum absolute atomic E-state index is 0. The van der Waals surface area contributed by atoms with E-state index in [9.17, 15) is 4.79 Å². The van der Waals surface area contributed by atoms with Gasteiger partial charge >= 0.3 is 0 Å². The van der Waals surface area contributed by atoms with Crippen LogP contribution in [0, 0.1) is 5.41 Å². The molecular weight excluding hydrogens is 275 g/mol. The van der Waals surface area contributed by atoms with Crippen molar-refractivity contribution in [2.45, 2.75) is 20.4 Å². The van der Waals surface area contributed by atoms with E-state index in [1.807, 2.05) is 27.1 Å². The second kappa shape index (κ2) is 7.61. The van der Waals surface area contributed by atoms with Crippen molar-refractivity contribution in [3.05, 3.63) is 18.0 Å². The lowest BCUT2D eigenvalue weighted by molar-refractivity contribution is -0.139. The van der Waals surface area contributed by atoms with Gasteiger partial charge in [-0.05, 0) is 13.8 Å². The fourth-order valence-corrected chi connectivity index (χ4v) is 1.50. The molecule has 1 amide bonds. The van der Waals surface area contributed by atoms with Gasteiger partial charge < -0.3 is 10.6 Å². The van der Waals surface area contributed by atoms with Crippen LogP contribution in [-0.2, 0) is 18.4 Å². The van der Waals surface area contributed by atoms with Crippen LogP contribution in [0.3, 0.4) is 0 Å². The van der Waals surface area contributed by atoms with Gasteiger partial charge in [-0.3, -0.25) is 9.48 Å². The Hall–Kier alpha value is -0.780. The Bertz CT molecular complexity index is 379. The number of amides is 1. The van der Waals surface area contributed by atoms with Gasteiger partial charge in [0.25, 0.3) is 0 Å². The Kier molecular flexibility index (Phi) is 8.27. The van der Waals surface area contributed by atoms with Gasteiger partial charge in [0.2, 0.25) is 5.91 Å². The first kappa shape index (κ1) is 19.6. The van der Waals surface area contributed by atoms with Crippen LogP contribution in [0.2, 0.25) is 0 Å². The number of nitrogens with two attached hydrogens (primary N) is 1. The summed E-state index contributed by atoms with van der Waals surface area (Å²) in [6.45, 7) is 4.63. The number of aromatic nitrogens is 2. The van der Waals surface area contributed by atoms with E-state index in [1.54, 1.807) is 22.8 Å². The van der Waals surface area contributed by atoms with E-state index < -0.39 is 5.41 Å². The Labute approximate surface area is 121 Å². The first-order valence-electron chi connectivity index (χ1n) is 5.30. The van der Waals surface area contributed by atoms with Gasteiger partial charge in [0.05, 0.1) is 11.6 Å². The summed E-state index contributed by atoms with van der Waals surface area (Å²) < 4.78 is 1.72. The molecule has 0 bridgehead atoms. The standard InChI is InChI=1S/C11H20N4O.2ClH/c1-11(2,8-12)10(16)14(3)6-9-5-13-15(4)7-9;;/h5,7H,6,8,12H2,1-4H3;2*1H. The maximum atomic E-state index is 12.0. The number of hydrogen-bond acceptors (Lipinski definition) is 3. The SMILES string of the molecule is CN(Cc1cnn(C)c1)C(=O)C(C)(C)CN.Cl.Cl. The van der Waals surface area contributed by atoms with Gasteiger partial charge in [-0.15, -0.1) is 24.8 Å². The molecule has 0 atom stereocenters. The molecule has 0 fully saturated rings. The topological polar surface area (TPSA) is 64.2 Å². The summed E-state index contributed by atoms with van der Waals surface area (Å²) >= 11 is 0. The van der Waals surface area contributed by atoms with Crippen LogP contribution in [0.1, 0.15) is 19.4 Å². The summed E-state index contributed by atoms with van der Waals surface area (Å²) in [5, 5.41) is 4.07. The lowest BCUT2D eigenvalue weighted by Crippen LogP contribution is -2.42. The van der Waals surface area contributed by atoms with Crippen molar-refractivity contribution in [2.75, 3.05) is 13.6 Å². The molecule has 7 heteroatoms. The third-order valence-corrected chi connectivity index (χ3v) is 2.61. The van der Waals surface area contributed by atoms with Crippen LogP contribution in [0.5, 0.6) is 0 Å². The summed E-state index contributed by atoms with van der Waals surface area (Å²) in [6.07, 6.45) is 3.67. The normalized spacial score (nSPS) is 10.3. The summed E-state index contributed by atoms with van der Waals surface area (Å²) in [6, 6.07) is 0. The molecule has 0 unspecified atom stereocenters. The average molecular weight is 297 g/mol. The summed E-state index contributed by atoms with van der Waals surface area (Å²) in [7, 11) is 3.64. The van der Waals surface area contributed by atoms with E-state index in [0.29, 0.717) is 13.1 Å². The summed E-state index contributed by atoms with van der Waals surface area (Å²) in [5.74, 6) is 0.0545. The number of nitrogens with zero attached hydrogens (tertiary/aromatic N) is 3. The number of halogens is 2. The maximum Gasteiger partial charge on any atom is 0.229 e. The third-order valence-electron chi connectivity index (χ3n) is 2.61. The zero-order valence-electron chi connectivity index (χ0n) is 11.2. The van der Waals surface area contributed by atoms with Crippen molar-refractivity contribution in [2.24, 2.45) is 18.2 Å². The minimum Gasteiger partial charge on any atom is -0.341 e.